The van der Waals surface area contributed by atoms with Crippen molar-refractivity contribution < 1.29 is 37.0 Å². The normalized spacial score (nSPS) is 32.0. The van der Waals surface area contributed by atoms with Gasteiger partial charge in [-0.3, -0.25) is 18.4 Å². The van der Waals surface area contributed by atoms with E-state index in [0.717, 1.165) is 0 Å². The fourth-order valence-electron chi connectivity index (χ4n) is 3.87. The van der Waals surface area contributed by atoms with E-state index >= 15 is 4.39 Å². The number of rotatable bonds is 7. The lowest BCUT2D eigenvalue weighted by Crippen LogP contribution is -2.47. The Morgan fingerprint density at radius 1 is 1.44 bits per heavy atom. The van der Waals surface area contributed by atoms with Gasteiger partial charge in [-0.1, -0.05) is 0 Å². The Kier molecular flexibility index (Phi) is 6.55. The van der Waals surface area contributed by atoms with E-state index in [1.54, 1.807) is 20.8 Å². The second-order valence-corrected chi connectivity index (χ2v) is 10.2. The van der Waals surface area contributed by atoms with Gasteiger partial charge in [0.15, 0.2) is 23.1 Å². The first-order chi connectivity index (χ1) is 15.9. The largest absolute Gasteiger partial charge is 0.476 e. The summed E-state index contributed by atoms with van der Waals surface area (Å²) in [7, 11) is -4.05. The molecule has 6 atom stereocenters. The molecule has 0 amide bonds. The van der Waals surface area contributed by atoms with Crippen molar-refractivity contribution in [3.05, 3.63) is 6.33 Å². The molecule has 0 saturated carbocycles. The number of halogens is 1. The summed E-state index contributed by atoms with van der Waals surface area (Å²) in [5, 5.41) is 2.50. The number of alkyl halides is 1. The minimum absolute atomic E-state index is 0.0794. The monoisotopic (exact) mass is 502 g/mol. The SMILES string of the molecule is CCOc1nc(N)nc2c1ncn2[C@@H]1O[C@@H]2CO[P@@](=O)(N[C@H](C)C(=O)OC(C)C)O[C@H]2[C@@]1(C)F. The van der Waals surface area contributed by atoms with Crippen molar-refractivity contribution in [2.24, 2.45) is 0 Å². The Balaban J connectivity index is 1.58. The maximum Gasteiger partial charge on any atom is 0.406 e. The van der Waals surface area contributed by atoms with Gasteiger partial charge in [0, 0.05) is 0 Å². The number of nitrogens with zero attached hydrogens (tertiary/aromatic N) is 4. The number of hydrogen-bond acceptors (Lipinski definition) is 11. The van der Waals surface area contributed by atoms with Crippen LogP contribution in [-0.4, -0.2) is 68.7 Å². The highest BCUT2D eigenvalue weighted by Gasteiger charge is 2.61. The summed E-state index contributed by atoms with van der Waals surface area (Å²) in [6.07, 6.45) is -2.44. The van der Waals surface area contributed by atoms with Gasteiger partial charge < -0.3 is 19.9 Å². The number of imidazole rings is 1. The minimum Gasteiger partial charge on any atom is -0.476 e. The molecular weight excluding hydrogens is 474 g/mol. The molecule has 2 aromatic rings. The maximum atomic E-state index is 16.2. The fraction of sp³-hybridized carbons (Fsp3) is 0.684. The zero-order valence-corrected chi connectivity index (χ0v) is 20.3. The minimum atomic E-state index is -4.05. The number of anilines is 1. The van der Waals surface area contributed by atoms with Gasteiger partial charge >= 0.3 is 13.7 Å². The van der Waals surface area contributed by atoms with Crippen molar-refractivity contribution in [3.8, 4) is 5.88 Å². The van der Waals surface area contributed by atoms with Gasteiger partial charge in [0.1, 0.15) is 18.2 Å². The van der Waals surface area contributed by atoms with Gasteiger partial charge in [-0.05, 0) is 34.6 Å². The van der Waals surface area contributed by atoms with Gasteiger partial charge in [0.2, 0.25) is 11.8 Å². The summed E-state index contributed by atoms with van der Waals surface area (Å²) in [5.74, 6) is -0.560. The highest BCUT2D eigenvalue weighted by molar-refractivity contribution is 7.51. The Hall–Kier alpha value is -2.38. The second kappa shape index (κ2) is 9.00. The van der Waals surface area contributed by atoms with Crippen LogP contribution in [-0.2, 0) is 27.9 Å². The Morgan fingerprint density at radius 2 is 2.18 bits per heavy atom. The number of nitrogen functional groups attached to an aromatic ring is 1. The van der Waals surface area contributed by atoms with Crippen LogP contribution in [0.3, 0.4) is 0 Å². The Labute approximate surface area is 195 Å². The van der Waals surface area contributed by atoms with Crippen molar-refractivity contribution in [1.82, 2.24) is 24.6 Å². The molecule has 188 valence electrons. The molecular formula is C19H28FN6O7P. The van der Waals surface area contributed by atoms with Gasteiger partial charge in [-0.15, -0.1) is 0 Å². The quantitative estimate of drug-likeness (QED) is 0.418. The fourth-order valence-corrected chi connectivity index (χ4v) is 5.63. The smallest absolute Gasteiger partial charge is 0.406 e. The molecule has 2 aliphatic rings. The van der Waals surface area contributed by atoms with E-state index in [-0.39, 0.29) is 35.7 Å². The van der Waals surface area contributed by atoms with Crippen LogP contribution < -0.4 is 15.6 Å². The summed E-state index contributed by atoms with van der Waals surface area (Å²) in [4.78, 5) is 24.5. The average molecular weight is 502 g/mol. The Bertz CT molecular complexity index is 1130. The topological polar surface area (TPSA) is 162 Å². The summed E-state index contributed by atoms with van der Waals surface area (Å²) in [6.45, 7) is 7.94. The van der Waals surface area contributed by atoms with Crippen molar-refractivity contribution >= 4 is 30.8 Å². The molecule has 4 heterocycles. The number of nitrogens with one attached hydrogen (secondary N) is 1. The number of nitrogens with two attached hydrogens (primary N) is 1. The average Bonchev–Trinajstić information content (AvgIpc) is 3.25. The van der Waals surface area contributed by atoms with E-state index < -0.39 is 43.9 Å². The van der Waals surface area contributed by atoms with Crippen LogP contribution in [0.2, 0.25) is 0 Å². The van der Waals surface area contributed by atoms with Crippen LogP contribution in [0, 0.1) is 0 Å². The van der Waals surface area contributed by atoms with Gasteiger partial charge in [0.25, 0.3) is 0 Å². The molecule has 2 aliphatic heterocycles. The van der Waals surface area contributed by atoms with Crippen LogP contribution in [0.15, 0.2) is 6.33 Å². The molecule has 4 rings (SSSR count). The van der Waals surface area contributed by atoms with E-state index in [1.807, 2.05) is 0 Å². The van der Waals surface area contributed by atoms with Gasteiger partial charge in [-0.25, -0.2) is 19.0 Å². The molecule has 0 unspecified atom stereocenters. The van der Waals surface area contributed by atoms with E-state index in [1.165, 1.54) is 24.7 Å². The molecule has 0 spiro atoms. The molecule has 34 heavy (non-hydrogen) atoms. The first-order valence-electron chi connectivity index (χ1n) is 10.8. The van der Waals surface area contributed by atoms with Crippen molar-refractivity contribution in [1.29, 1.82) is 0 Å². The summed E-state index contributed by atoms with van der Waals surface area (Å²) in [5.41, 5.74) is 4.10. The number of esters is 1. The van der Waals surface area contributed by atoms with E-state index in [4.69, 9.17) is 29.0 Å². The van der Waals surface area contributed by atoms with E-state index in [2.05, 4.69) is 20.0 Å². The molecule has 2 saturated heterocycles. The van der Waals surface area contributed by atoms with Crippen molar-refractivity contribution in [3.63, 3.8) is 0 Å². The predicted octanol–water partition coefficient (Wildman–Crippen LogP) is 1.89. The predicted molar refractivity (Wildman–Crippen MR) is 117 cm³/mol. The Morgan fingerprint density at radius 3 is 2.85 bits per heavy atom. The molecule has 13 nitrogen and oxygen atoms in total. The number of hydrogen-bond donors (Lipinski definition) is 2. The molecule has 0 bridgehead atoms. The molecule has 2 fully saturated rings. The van der Waals surface area contributed by atoms with E-state index in [0.29, 0.717) is 6.61 Å². The molecule has 0 aliphatic carbocycles. The third kappa shape index (κ3) is 4.48. The number of ether oxygens (including phenoxy) is 3. The molecule has 0 aromatic carbocycles. The lowest BCUT2D eigenvalue weighted by Gasteiger charge is -2.35. The number of fused-ring (bicyclic) bond motifs is 2. The summed E-state index contributed by atoms with van der Waals surface area (Å²) in [6, 6.07) is -1.01. The molecule has 2 aromatic heterocycles. The third-order valence-electron chi connectivity index (χ3n) is 5.34. The van der Waals surface area contributed by atoms with Crippen LogP contribution >= 0.6 is 7.75 Å². The number of aromatic nitrogens is 4. The number of carbonyl (C=O) groups excluding carboxylic acids is 1. The van der Waals surface area contributed by atoms with Gasteiger partial charge in [-0.2, -0.15) is 9.97 Å². The zero-order valence-electron chi connectivity index (χ0n) is 19.4. The standard InChI is InChI=1S/C19H28FN6O7P/c1-6-29-15-12-14(23-18(21)24-15)26(8-22-12)17-19(5,20)13-11(32-17)7-30-34(28,33-13)25-10(4)16(27)31-9(2)3/h8-11,13,17H,6-7H2,1-5H3,(H,25,28)(H2,21,23,24)/t10-,11-,13-,17-,19-,34+/m1/s1. The maximum absolute atomic E-state index is 16.2. The number of carbonyl (C=O) groups is 1. The van der Waals surface area contributed by atoms with Crippen LogP contribution in [0.1, 0.15) is 40.8 Å². The first-order valence-corrected chi connectivity index (χ1v) is 12.4. The van der Waals surface area contributed by atoms with Crippen LogP contribution in [0.5, 0.6) is 5.88 Å². The van der Waals surface area contributed by atoms with Gasteiger partial charge in [0.05, 0.1) is 25.6 Å². The lowest BCUT2D eigenvalue weighted by molar-refractivity contribution is -0.149. The van der Waals surface area contributed by atoms with Crippen molar-refractivity contribution in [2.45, 2.75) is 70.9 Å². The molecule has 15 heteroatoms. The van der Waals surface area contributed by atoms with Crippen LogP contribution in [0.25, 0.3) is 11.2 Å². The summed E-state index contributed by atoms with van der Waals surface area (Å²) >= 11 is 0. The van der Waals surface area contributed by atoms with Crippen LogP contribution in [0.4, 0.5) is 10.3 Å². The highest BCUT2D eigenvalue weighted by atomic mass is 31.2. The zero-order chi connectivity index (χ0) is 24.8. The molecule has 0 radical (unpaired) electrons. The second-order valence-electron chi connectivity index (χ2n) is 8.48. The first kappa shape index (κ1) is 24.7. The lowest BCUT2D eigenvalue weighted by atomic mass is 9.98. The highest BCUT2D eigenvalue weighted by Crippen LogP contribution is 2.57. The summed E-state index contributed by atoms with van der Waals surface area (Å²) < 4.78 is 58.1. The van der Waals surface area contributed by atoms with Crippen molar-refractivity contribution in [2.75, 3.05) is 18.9 Å². The molecule has 3 N–H and O–H groups in total. The third-order valence-corrected chi connectivity index (χ3v) is 7.04. The van der Waals surface area contributed by atoms with E-state index in [9.17, 15) is 9.36 Å².